The van der Waals surface area contributed by atoms with E-state index in [2.05, 4.69) is 11.5 Å². The van der Waals surface area contributed by atoms with Crippen molar-refractivity contribution in [1.29, 1.82) is 0 Å². The van der Waals surface area contributed by atoms with Crippen LogP contribution in [0, 0.1) is 0 Å². The van der Waals surface area contributed by atoms with Gasteiger partial charge in [-0.15, -0.1) is 0 Å². The van der Waals surface area contributed by atoms with Gasteiger partial charge in [-0.05, 0) is 33.0 Å². The zero-order valence-electron chi connectivity index (χ0n) is 7.95. The molecule has 12 heavy (non-hydrogen) atoms. The number of nitrogens with zero attached hydrogens (tertiary/aromatic N) is 1. The Bertz CT molecular complexity index is 179. The molecule has 0 aromatic rings. The molecule has 70 valence electrons. The van der Waals surface area contributed by atoms with Crippen molar-refractivity contribution in [2.45, 2.75) is 31.8 Å². The van der Waals surface area contributed by atoms with Gasteiger partial charge in [0.2, 0.25) is 0 Å². The van der Waals surface area contributed by atoms with Gasteiger partial charge in [-0.3, -0.25) is 0 Å². The Balaban J connectivity index is 2.66. The van der Waals surface area contributed by atoms with Gasteiger partial charge in [0.15, 0.2) is 6.29 Å². The Morgan fingerprint density at radius 3 is 2.67 bits per heavy atom. The summed E-state index contributed by atoms with van der Waals surface area (Å²) < 4.78 is 5.21. The summed E-state index contributed by atoms with van der Waals surface area (Å²) in [6.07, 6.45) is 0.224. The van der Waals surface area contributed by atoms with Crippen LogP contribution >= 0.6 is 0 Å². The fourth-order valence-electron chi connectivity index (χ4n) is 1.54. The quantitative estimate of drug-likeness (QED) is 0.586. The van der Waals surface area contributed by atoms with Crippen LogP contribution in [0.3, 0.4) is 0 Å². The minimum Gasteiger partial charge on any atom is -0.364 e. The van der Waals surface area contributed by atoms with E-state index in [1.54, 1.807) is 0 Å². The molecule has 1 heterocycles. The largest absolute Gasteiger partial charge is 0.364 e. The summed E-state index contributed by atoms with van der Waals surface area (Å²) in [6.45, 7) is 5.78. The summed E-state index contributed by atoms with van der Waals surface area (Å²) in [6, 6.07) is 0.240. The van der Waals surface area contributed by atoms with E-state index < -0.39 is 6.29 Å². The maximum Gasteiger partial charge on any atom is 0.178 e. The summed E-state index contributed by atoms with van der Waals surface area (Å²) in [5, 5.41) is 9.42. The number of rotatable bonds is 1. The number of likely N-dealkylation sites (N-methyl/N-ethyl adjacent to an activating group) is 1. The van der Waals surface area contributed by atoms with E-state index in [1.807, 2.05) is 21.0 Å². The van der Waals surface area contributed by atoms with Crippen molar-refractivity contribution in [1.82, 2.24) is 4.90 Å². The average Bonchev–Trinajstić information content (AvgIpc) is 1.96. The highest BCUT2D eigenvalue weighted by Crippen LogP contribution is 2.24. The topological polar surface area (TPSA) is 32.7 Å². The number of aliphatic hydroxyl groups excluding tert-OH is 1. The molecule has 3 atom stereocenters. The highest BCUT2D eigenvalue weighted by atomic mass is 16.6. The summed E-state index contributed by atoms with van der Waals surface area (Å²) >= 11 is 0. The first-order valence-electron chi connectivity index (χ1n) is 4.21. The molecule has 3 nitrogen and oxygen atoms in total. The third-order valence-electron chi connectivity index (χ3n) is 2.28. The van der Waals surface area contributed by atoms with Crippen molar-refractivity contribution in [3.63, 3.8) is 0 Å². The van der Waals surface area contributed by atoms with E-state index in [9.17, 15) is 5.11 Å². The molecule has 0 aromatic heterocycles. The number of ether oxygens (including phenoxy) is 1. The van der Waals surface area contributed by atoms with Crippen molar-refractivity contribution >= 4 is 0 Å². The molecule has 0 spiro atoms. The molecule has 1 saturated heterocycles. The highest BCUT2D eigenvalue weighted by Gasteiger charge is 2.30. The van der Waals surface area contributed by atoms with Crippen molar-refractivity contribution in [3.8, 4) is 0 Å². The monoisotopic (exact) mass is 171 g/mol. The van der Waals surface area contributed by atoms with Crippen LogP contribution in [0.4, 0.5) is 0 Å². The van der Waals surface area contributed by atoms with Crippen LogP contribution in [0.15, 0.2) is 12.2 Å². The average molecular weight is 171 g/mol. The lowest BCUT2D eigenvalue weighted by Crippen LogP contribution is -2.43. The Morgan fingerprint density at radius 2 is 2.17 bits per heavy atom. The fourth-order valence-corrected chi connectivity index (χ4v) is 1.54. The summed E-state index contributed by atoms with van der Waals surface area (Å²) in [7, 11) is 3.97. The molecule has 0 bridgehead atoms. The van der Waals surface area contributed by atoms with Crippen molar-refractivity contribution in [2.75, 3.05) is 14.1 Å². The Hall–Kier alpha value is -0.380. The normalized spacial score (nSPS) is 37.4. The lowest BCUT2D eigenvalue weighted by molar-refractivity contribution is -0.136. The lowest BCUT2D eigenvalue weighted by Gasteiger charge is -2.36. The van der Waals surface area contributed by atoms with Crippen molar-refractivity contribution in [3.05, 3.63) is 12.2 Å². The minimum atomic E-state index is -0.791. The zero-order chi connectivity index (χ0) is 9.30. The van der Waals surface area contributed by atoms with Crippen LogP contribution in [0.25, 0.3) is 0 Å². The van der Waals surface area contributed by atoms with E-state index in [0.717, 1.165) is 12.0 Å². The van der Waals surface area contributed by atoms with Crippen LogP contribution in [0.5, 0.6) is 0 Å². The van der Waals surface area contributed by atoms with Crippen molar-refractivity contribution in [2.24, 2.45) is 0 Å². The molecular weight excluding hydrogens is 154 g/mol. The second-order valence-electron chi connectivity index (χ2n) is 3.59. The molecule has 0 saturated carbocycles. The highest BCUT2D eigenvalue weighted by molar-refractivity contribution is 5.11. The van der Waals surface area contributed by atoms with E-state index >= 15 is 0 Å². The molecule has 0 aromatic carbocycles. The smallest absolute Gasteiger partial charge is 0.178 e. The van der Waals surface area contributed by atoms with Crippen molar-refractivity contribution < 1.29 is 9.84 Å². The number of hydrogen-bond acceptors (Lipinski definition) is 3. The lowest BCUT2D eigenvalue weighted by atomic mass is 9.98. The molecule has 0 radical (unpaired) electrons. The first-order valence-corrected chi connectivity index (χ1v) is 4.21. The molecule has 0 amide bonds. The molecule has 1 aliphatic rings. The van der Waals surface area contributed by atoms with Crippen LogP contribution < -0.4 is 0 Å². The fraction of sp³-hybridized carbons (Fsp3) is 0.778. The minimum absolute atomic E-state index is 0.109. The molecule has 1 aliphatic heterocycles. The summed E-state index contributed by atoms with van der Waals surface area (Å²) in [5.41, 5.74) is 0.762. The van der Waals surface area contributed by atoms with Crippen LogP contribution in [-0.4, -0.2) is 42.5 Å². The molecule has 1 N–H and O–H groups in total. The van der Waals surface area contributed by atoms with Gasteiger partial charge in [0, 0.05) is 6.04 Å². The predicted molar refractivity (Wildman–Crippen MR) is 47.8 cm³/mol. The van der Waals surface area contributed by atoms with Crippen LogP contribution in [0.2, 0.25) is 0 Å². The van der Waals surface area contributed by atoms with Crippen LogP contribution in [-0.2, 0) is 4.74 Å². The maximum absolute atomic E-state index is 9.42. The van der Waals surface area contributed by atoms with Gasteiger partial charge in [0.25, 0.3) is 0 Å². The van der Waals surface area contributed by atoms with E-state index in [0.29, 0.717) is 0 Å². The third-order valence-corrected chi connectivity index (χ3v) is 2.28. The van der Waals surface area contributed by atoms with E-state index in [4.69, 9.17) is 4.74 Å². The Labute approximate surface area is 73.6 Å². The van der Waals surface area contributed by atoms with Gasteiger partial charge in [-0.25, -0.2) is 0 Å². The Kier molecular flexibility index (Phi) is 2.88. The van der Waals surface area contributed by atoms with E-state index in [-0.39, 0.29) is 12.1 Å². The second kappa shape index (κ2) is 3.56. The third kappa shape index (κ3) is 1.86. The Morgan fingerprint density at radius 1 is 1.58 bits per heavy atom. The maximum atomic E-state index is 9.42. The number of hydrogen-bond donors (Lipinski definition) is 1. The second-order valence-corrected chi connectivity index (χ2v) is 3.59. The first-order chi connectivity index (χ1) is 5.52. The standard InChI is InChI=1S/C9H17NO2/c1-6-5-8(10(3)4)7(2)9(11)12-6/h6,8-9,11H,2,5H2,1,3-4H3/t6-,8+,9-/m1/s1. The predicted octanol–water partition coefficient (Wildman–Crippen LogP) is 0.600. The molecule has 0 aliphatic carbocycles. The summed E-state index contributed by atoms with van der Waals surface area (Å²) in [4.78, 5) is 2.06. The molecule has 0 unspecified atom stereocenters. The van der Waals surface area contributed by atoms with Gasteiger partial charge in [0.05, 0.1) is 6.10 Å². The number of aliphatic hydroxyl groups is 1. The first kappa shape index (κ1) is 9.71. The van der Waals surface area contributed by atoms with Gasteiger partial charge >= 0.3 is 0 Å². The van der Waals surface area contributed by atoms with E-state index in [1.165, 1.54) is 0 Å². The molecular formula is C9H17NO2. The van der Waals surface area contributed by atoms with Gasteiger partial charge < -0.3 is 14.7 Å². The molecule has 1 fully saturated rings. The SMILES string of the molecule is C=C1[C@H](O)O[C@H](C)C[C@@H]1N(C)C. The zero-order valence-corrected chi connectivity index (χ0v) is 7.95. The van der Waals surface area contributed by atoms with Gasteiger partial charge in [0.1, 0.15) is 0 Å². The summed E-state index contributed by atoms with van der Waals surface area (Å²) in [5.74, 6) is 0. The van der Waals surface area contributed by atoms with Gasteiger partial charge in [-0.1, -0.05) is 6.58 Å². The van der Waals surface area contributed by atoms with Gasteiger partial charge in [-0.2, -0.15) is 0 Å². The van der Waals surface area contributed by atoms with Crippen LogP contribution in [0.1, 0.15) is 13.3 Å². The molecule has 1 rings (SSSR count). The molecule has 3 heteroatoms.